The Morgan fingerprint density at radius 3 is 2.81 bits per heavy atom. The van der Waals surface area contributed by atoms with Crippen molar-refractivity contribution in [3.63, 3.8) is 0 Å². The van der Waals surface area contributed by atoms with Gasteiger partial charge in [0.05, 0.1) is 13.2 Å². The molecule has 1 aromatic heterocycles. The largest absolute Gasteiger partial charge is 0.382 e. The molecule has 1 saturated carbocycles. The molecule has 0 unspecified atom stereocenters. The first-order valence-electron chi connectivity index (χ1n) is 7.45. The SMILES string of the molecule is CC1(CNC(=O)c2sc(N3CCOCC3)nc2N)CCC1. The minimum absolute atomic E-state index is 0.0994. The number of hydrogen-bond donors (Lipinski definition) is 2. The molecule has 116 valence electrons. The van der Waals surface area contributed by atoms with Crippen LogP contribution in [-0.4, -0.2) is 43.7 Å². The lowest BCUT2D eigenvalue weighted by Gasteiger charge is -2.38. The summed E-state index contributed by atoms with van der Waals surface area (Å²) >= 11 is 1.37. The molecule has 1 aliphatic heterocycles. The first kappa shape index (κ1) is 14.6. The number of thiazole rings is 1. The Labute approximate surface area is 128 Å². The standard InChI is InChI=1S/C14H22N4O2S/c1-14(3-2-4-14)9-16-12(19)10-11(15)17-13(21-10)18-5-7-20-8-6-18/h2-9,15H2,1H3,(H,16,19). The van der Waals surface area contributed by atoms with Gasteiger partial charge >= 0.3 is 0 Å². The maximum absolute atomic E-state index is 12.3. The first-order valence-corrected chi connectivity index (χ1v) is 8.26. The predicted molar refractivity (Wildman–Crippen MR) is 83.8 cm³/mol. The molecule has 2 fully saturated rings. The second kappa shape index (κ2) is 5.81. The fourth-order valence-corrected chi connectivity index (χ4v) is 3.66. The van der Waals surface area contributed by atoms with Crippen molar-refractivity contribution in [2.45, 2.75) is 26.2 Å². The number of ether oxygens (including phenoxy) is 1. The van der Waals surface area contributed by atoms with E-state index in [0.29, 0.717) is 23.9 Å². The van der Waals surface area contributed by atoms with Gasteiger partial charge in [-0.05, 0) is 18.3 Å². The van der Waals surface area contributed by atoms with E-state index in [1.54, 1.807) is 0 Å². The number of carbonyl (C=O) groups is 1. The highest BCUT2D eigenvalue weighted by atomic mass is 32.1. The summed E-state index contributed by atoms with van der Waals surface area (Å²) < 4.78 is 5.33. The second-order valence-electron chi connectivity index (χ2n) is 6.16. The highest BCUT2D eigenvalue weighted by Gasteiger charge is 2.32. The molecule has 7 heteroatoms. The zero-order chi connectivity index (χ0) is 14.9. The van der Waals surface area contributed by atoms with E-state index in [1.165, 1.54) is 30.6 Å². The third-order valence-electron chi connectivity index (χ3n) is 4.37. The van der Waals surface area contributed by atoms with E-state index >= 15 is 0 Å². The van der Waals surface area contributed by atoms with Crippen molar-refractivity contribution < 1.29 is 9.53 Å². The fraction of sp³-hybridized carbons (Fsp3) is 0.714. The summed E-state index contributed by atoms with van der Waals surface area (Å²) in [5, 5.41) is 3.82. The number of nitrogens with two attached hydrogens (primary N) is 1. The van der Waals surface area contributed by atoms with Crippen molar-refractivity contribution in [3.05, 3.63) is 4.88 Å². The molecule has 3 rings (SSSR count). The minimum atomic E-state index is -0.0994. The van der Waals surface area contributed by atoms with E-state index < -0.39 is 0 Å². The van der Waals surface area contributed by atoms with Gasteiger partial charge in [-0.1, -0.05) is 24.7 Å². The van der Waals surface area contributed by atoms with E-state index in [0.717, 1.165) is 24.8 Å². The number of nitrogen functional groups attached to an aromatic ring is 1. The van der Waals surface area contributed by atoms with E-state index in [4.69, 9.17) is 10.5 Å². The molecule has 0 spiro atoms. The molecular weight excluding hydrogens is 288 g/mol. The summed E-state index contributed by atoms with van der Waals surface area (Å²) in [5.41, 5.74) is 6.18. The monoisotopic (exact) mass is 310 g/mol. The zero-order valence-electron chi connectivity index (χ0n) is 12.4. The average molecular weight is 310 g/mol. The van der Waals surface area contributed by atoms with Crippen LogP contribution in [0.4, 0.5) is 10.9 Å². The molecule has 0 atom stereocenters. The van der Waals surface area contributed by atoms with Crippen LogP contribution in [0.15, 0.2) is 0 Å². The number of morpholine rings is 1. The number of aromatic nitrogens is 1. The van der Waals surface area contributed by atoms with Gasteiger partial charge in [0, 0.05) is 19.6 Å². The van der Waals surface area contributed by atoms with Gasteiger partial charge in [0.25, 0.3) is 5.91 Å². The average Bonchev–Trinajstić information content (AvgIpc) is 2.86. The molecule has 2 heterocycles. The normalized spacial score (nSPS) is 20.9. The van der Waals surface area contributed by atoms with Gasteiger partial charge in [-0.15, -0.1) is 0 Å². The van der Waals surface area contributed by atoms with Crippen molar-refractivity contribution in [3.8, 4) is 0 Å². The topological polar surface area (TPSA) is 80.5 Å². The van der Waals surface area contributed by atoms with Crippen LogP contribution >= 0.6 is 11.3 Å². The molecule has 0 bridgehead atoms. The Morgan fingerprint density at radius 1 is 1.48 bits per heavy atom. The molecule has 21 heavy (non-hydrogen) atoms. The number of carbonyl (C=O) groups excluding carboxylic acids is 1. The van der Waals surface area contributed by atoms with Crippen molar-refractivity contribution >= 4 is 28.2 Å². The Kier molecular flexibility index (Phi) is 4.03. The highest BCUT2D eigenvalue weighted by Crippen LogP contribution is 2.39. The van der Waals surface area contributed by atoms with Gasteiger partial charge < -0.3 is 20.7 Å². The lowest BCUT2D eigenvalue weighted by atomic mass is 9.70. The molecule has 0 radical (unpaired) electrons. The highest BCUT2D eigenvalue weighted by molar-refractivity contribution is 7.18. The number of nitrogens with zero attached hydrogens (tertiary/aromatic N) is 2. The van der Waals surface area contributed by atoms with Gasteiger partial charge in [0.1, 0.15) is 10.7 Å². The predicted octanol–water partition coefficient (Wildman–Crippen LogP) is 1.48. The molecule has 6 nitrogen and oxygen atoms in total. The van der Waals surface area contributed by atoms with Crippen LogP contribution in [0.2, 0.25) is 0 Å². The molecule has 1 aliphatic carbocycles. The van der Waals surface area contributed by atoms with Gasteiger partial charge in [-0.2, -0.15) is 0 Å². The van der Waals surface area contributed by atoms with Crippen molar-refractivity contribution in [1.82, 2.24) is 10.3 Å². The van der Waals surface area contributed by atoms with E-state index in [2.05, 4.69) is 22.1 Å². The first-order chi connectivity index (χ1) is 10.1. The Balaban J connectivity index is 1.64. The summed E-state index contributed by atoms with van der Waals surface area (Å²) in [6.07, 6.45) is 3.63. The van der Waals surface area contributed by atoms with Gasteiger partial charge in [-0.25, -0.2) is 4.98 Å². The molecular formula is C14H22N4O2S. The molecule has 3 N–H and O–H groups in total. The number of rotatable bonds is 4. The Bertz CT molecular complexity index is 521. The molecule has 1 saturated heterocycles. The van der Waals surface area contributed by atoms with Crippen molar-refractivity contribution in [2.75, 3.05) is 43.5 Å². The molecule has 1 aromatic rings. The number of nitrogens with one attached hydrogen (secondary N) is 1. The zero-order valence-corrected chi connectivity index (χ0v) is 13.2. The second-order valence-corrected chi connectivity index (χ2v) is 7.13. The summed E-state index contributed by atoms with van der Waals surface area (Å²) in [5.74, 6) is 0.232. The smallest absolute Gasteiger partial charge is 0.265 e. The lowest BCUT2D eigenvalue weighted by Crippen LogP contribution is -2.39. The number of hydrogen-bond acceptors (Lipinski definition) is 6. The lowest BCUT2D eigenvalue weighted by molar-refractivity contribution is 0.0895. The quantitative estimate of drug-likeness (QED) is 0.880. The van der Waals surface area contributed by atoms with E-state index in [9.17, 15) is 4.79 Å². The van der Waals surface area contributed by atoms with E-state index in [-0.39, 0.29) is 11.3 Å². The van der Waals surface area contributed by atoms with Crippen LogP contribution in [0.1, 0.15) is 35.9 Å². The molecule has 1 amide bonds. The molecule has 0 aromatic carbocycles. The Hall–Kier alpha value is -1.34. The van der Waals surface area contributed by atoms with Crippen LogP contribution in [0.5, 0.6) is 0 Å². The minimum Gasteiger partial charge on any atom is -0.382 e. The van der Waals surface area contributed by atoms with Crippen LogP contribution in [0.25, 0.3) is 0 Å². The van der Waals surface area contributed by atoms with Gasteiger partial charge in [0.15, 0.2) is 5.13 Å². The van der Waals surface area contributed by atoms with Crippen LogP contribution in [0, 0.1) is 5.41 Å². The third kappa shape index (κ3) is 3.13. The third-order valence-corrected chi connectivity index (χ3v) is 5.50. The molecule has 2 aliphatic rings. The van der Waals surface area contributed by atoms with E-state index in [1.807, 2.05) is 0 Å². The Morgan fingerprint density at radius 2 is 2.19 bits per heavy atom. The van der Waals surface area contributed by atoms with Crippen LogP contribution in [0.3, 0.4) is 0 Å². The maximum Gasteiger partial charge on any atom is 0.265 e. The van der Waals surface area contributed by atoms with Gasteiger partial charge in [0.2, 0.25) is 0 Å². The summed E-state index contributed by atoms with van der Waals surface area (Å²) in [6.45, 7) is 5.92. The van der Waals surface area contributed by atoms with Gasteiger partial charge in [-0.3, -0.25) is 4.79 Å². The van der Waals surface area contributed by atoms with Crippen LogP contribution < -0.4 is 16.0 Å². The maximum atomic E-state index is 12.3. The summed E-state index contributed by atoms with van der Waals surface area (Å²) in [4.78, 5) is 19.3. The fourth-order valence-electron chi connectivity index (χ4n) is 2.70. The number of amides is 1. The van der Waals surface area contributed by atoms with Crippen molar-refractivity contribution in [1.29, 1.82) is 0 Å². The summed E-state index contributed by atoms with van der Waals surface area (Å²) in [6, 6.07) is 0. The summed E-state index contributed by atoms with van der Waals surface area (Å²) in [7, 11) is 0. The van der Waals surface area contributed by atoms with Crippen LogP contribution in [-0.2, 0) is 4.74 Å². The number of anilines is 2. The van der Waals surface area contributed by atoms with Crippen molar-refractivity contribution in [2.24, 2.45) is 5.41 Å².